The topological polar surface area (TPSA) is 0 Å². The molecule has 0 bridgehead atoms. The molecule has 2 unspecified atom stereocenters. The molecule has 0 radical (unpaired) electrons. The van der Waals surface area contributed by atoms with Crippen LogP contribution in [0.5, 0.6) is 0 Å². The highest BCUT2D eigenvalue weighted by molar-refractivity contribution is 7.99. The largest absolute Gasteiger partial charge is 0.145 e. The van der Waals surface area contributed by atoms with E-state index in [4.69, 9.17) is 23.2 Å². The van der Waals surface area contributed by atoms with E-state index in [-0.39, 0.29) is 0 Å². The monoisotopic (exact) mass is 490 g/mol. The maximum atomic E-state index is 6.21. The van der Waals surface area contributed by atoms with Gasteiger partial charge in [-0.3, -0.25) is 0 Å². The molecule has 0 fully saturated rings. The standard InChI is InChI=1S/C30H28Cl2S/c1-21-3-7-23(8-4-21)19-29(25-11-15-27(31)16-12-25)33-30(26-13-17-28(32)18-14-26)20-24-9-5-22(2)6-10-24/h3-18,29-30H,19-20H2,1-2H3. The summed E-state index contributed by atoms with van der Waals surface area (Å²) in [7, 11) is 0. The molecule has 0 saturated carbocycles. The van der Waals surface area contributed by atoms with Gasteiger partial charge in [0.25, 0.3) is 0 Å². The number of rotatable bonds is 8. The molecule has 0 spiro atoms. The summed E-state index contributed by atoms with van der Waals surface area (Å²) < 4.78 is 0. The molecule has 0 amide bonds. The van der Waals surface area contributed by atoms with Gasteiger partial charge in [0, 0.05) is 20.5 Å². The molecule has 4 aromatic carbocycles. The highest BCUT2D eigenvalue weighted by Crippen LogP contribution is 2.44. The fraction of sp³-hybridized carbons (Fsp3) is 0.200. The van der Waals surface area contributed by atoms with Gasteiger partial charge in [-0.15, -0.1) is 11.8 Å². The number of halogens is 2. The number of benzene rings is 4. The number of hydrogen-bond acceptors (Lipinski definition) is 1. The Morgan fingerprint density at radius 3 is 1.18 bits per heavy atom. The lowest BCUT2D eigenvalue weighted by Gasteiger charge is -2.25. The Bertz CT molecular complexity index is 1050. The summed E-state index contributed by atoms with van der Waals surface area (Å²) >= 11 is 14.4. The molecule has 0 aliphatic rings. The molecule has 0 aliphatic heterocycles. The molecule has 168 valence electrons. The van der Waals surface area contributed by atoms with Crippen molar-refractivity contribution < 1.29 is 0 Å². The maximum absolute atomic E-state index is 6.21. The third-order valence-corrected chi connectivity index (χ3v) is 7.93. The molecule has 0 saturated heterocycles. The molecular weight excluding hydrogens is 463 g/mol. The van der Waals surface area contributed by atoms with E-state index < -0.39 is 0 Å². The normalized spacial score (nSPS) is 13.0. The summed E-state index contributed by atoms with van der Waals surface area (Å²) in [6.07, 6.45) is 1.93. The Morgan fingerprint density at radius 2 is 0.848 bits per heavy atom. The zero-order chi connectivity index (χ0) is 23.2. The van der Waals surface area contributed by atoms with E-state index in [9.17, 15) is 0 Å². The van der Waals surface area contributed by atoms with Gasteiger partial charge in [-0.05, 0) is 73.2 Å². The third kappa shape index (κ3) is 6.90. The van der Waals surface area contributed by atoms with Gasteiger partial charge in [-0.1, -0.05) is 107 Å². The van der Waals surface area contributed by atoms with Crippen LogP contribution in [0.1, 0.15) is 43.9 Å². The fourth-order valence-electron chi connectivity index (χ4n) is 3.92. The number of thioether (sulfide) groups is 1. The first-order chi connectivity index (χ1) is 16.0. The van der Waals surface area contributed by atoms with Gasteiger partial charge >= 0.3 is 0 Å². The van der Waals surface area contributed by atoms with Gasteiger partial charge in [0.05, 0.1) is 0 Å². The average molecular weight is 492 g/mol. The van der Waals surface area contributed by atoms with Crippen molar-refractivity contribution in [1.29, 1.82) is 0 Å². The number of aryl methyl sites for hydroxylation is 2. The minimum Gasteiger partial charge on any atom is -0.145 e. The van der Waals surface area contributed by atoms with E-state index in [0.717, 1.165) is 22.9 Å². The Labute approximate surface area is 212 Å². The van der Waals surface area contributed by atoms with Gasteiger partial charge in [0.2, 0.25) is 0 Å². The summed E-state index contributed by atoms with van der Waals surface area (Å²) in [5.41, 5.74) is 7.86. The van der Waals surface area contributed by atoms with Crippen LogP contribution in [0.2, 0.25) is 10.0 Å². The predicted octanol–water partition coefficient (Wildman–Crippen LogP) is 9.61. The van der Waals surface area contributed by atoms with Gasteiger partial charge in [0.15, 0.2) is 0 Å². The molecule has 2 atom stereocenters. The van der Waals surface area contributed by atoms with E-state index in [1.54, 1.807) is 0 Å². The Balaban J connectivity index is 1.66. The molecule has 0 heterocycles. The lowest BCUT2D eigenvalue weighted by molar-refractivity contribution is 0.881. The van der Waals surface area contributed by atoms with Crippen molar-refractivity contribution in [2.24, 2.45) is 0 Å². The minimum atomic E-state index is 0.302. The average Bonchev–Trinajstić information content (AvgIpc) is 2.82. The molecular formula is C30H28Cl2S. The first-order valence-electron chi connectivity index (χ1n) is 11.2. The molecule has 0 aliphatic carbocycles. The van der Waals surface area contributed by atoms with Crippen LogP contribution < -0.4 is 0 Å². The van der Waals surface area contributed by atoms with Crippen molar-refractivity contribution >= 4 is 35.0 Å². The summed E-state index contributed by atoms with van der Waals surface area (Å²) in [5, 5.41) is 2.14. The van der Waals surface area contributed by atoms with Gasteiger partial charge < -0.3 is 0 Å². The van der Waals surface area contributed by atoms with Crippen molar-refractivity contribution in [2.75, 3.05) is 0 Å². The highest BCUT2D eigenvalue weighted by Gasteiger charge is 2.22. The van der Waals surface area contributed by atoms with Crippen molar-refractivity contribution in [1.82, 2.24) is 0 Å². The quantitative estimate of drug-likeness (QED) is 0.236. The zero-order valence-electron chi connectivity index (χ0n) is 19.0. The fourth-order valence-corrected chi connectivity index (χ4v) is 5.77. The summed E-state index contributed by atoms with van der Waals surface area (Å²) in [5.74, 6) is 0. The highest BCUT2D eigenvalue weighted by atomic mass is 35.5. The summed E-state index contributed by atoms with van der Waals surface area (Å²) in [4.78, 5) is 0. The van der Waals surface area contributed by atoms with Crippen LogP contribution in [0.25, 0.3) is 0 Å². The molecule has 33 heavy (non-hydrogen) atoms. The van der Waals surface area contributed by atoms with Crippen molar-refractivity contribution in [3.8, 4) is 0 Å². The van der Waals surface area contributed by atoms with Crippen LogP contribution >= 0.6 is 35.0 Å². The van der Waals surface area contributed by atoms with Gasteiger partial charge in [0.1, 0.15) is 0 Å². The lowest BCUT2D eigenvalue weighted by Crippen LogP contribution is -2.06. The molecule has 0 aromatic heterocycles. The summed E-state index contributed by atoms with van der Waals surface area (Å²) in [6, 6.07) is 34.4. The Morgan fingerprint density at radius 1 is 0.515 bits per heavy atom. The molecule has 4 aromatic rings. The molecule has 4 rings (SSSR count). The third-order valence-electron chi connectivity index (χ3n) is 5.90. The number of hydrogen-bond donors (Lipinski definition) is 0. The Hall–Kier alpha value is -2.19. The zero-order valence-corrected chi connectivity index (χ0v) is 21.3. The minimum absolute atomic E-state index is 0.302. The van der Waals surface area contributed by atoms with Crippen LogP contribution in [0.15, 0.2) is 97.1 Å². The van der Waals surface area contributed by atoms with Gasteiger partial charge in [-0.2, -0.15) is 0 Å². The second-order valence-corrected chi connectivity index (χ2v) is 10.9. The van der Waals surface area contributed by atoms with E-state index in [0.29, 0.717) is 10.5 Å². The molecule has 0 N–H and O–H groups in total. The van der Waals surface area contributed by atoms with E-state index >= 15 is 0 Å². The van der Waals surface area contributed by atoms with E-state index in [2.05, 4.69) is 86.6 Å². The van der Waals surface area contributed by atoms with Crippen LogP contribution in [-0.4, -0.2) is 0 Å². The maximum Gasteiger partial charge on any atom is 0.0406 e. The van der Waals surface area contributed by atoms with E-state index in [1.807, 2.05) is 36.0 Å². The van der Waals surface area contributed by atoms with Crippen LogP contribution in [0, 0.1) is 13.8 Å². The van der Waals surface area contributed by atoms with Crippen molar-refractivity contribution in [3.63, 3.8) is 0 Å². The second-order valence-electron chi connectivity index (χ2n) is 8.60. The van der Waals surface area contributed by atoms with Gasteiger partial charge in [-0.25, -0.2) is 0 Å². The van der Waals surface area contributed by atoms with E-state index in [1.165, 1.54) is 33.4 Å². The summed E-state index contributed by atoms with van der Waals surface area (Å²) in [6.45, 7) is 4.26. The smallest absolute Gasteiger partial charge is 0.0406 e. The van der Waals surface area contributed by atoms with Crippen molar-refractivity contribution in [3.05, 3.63) is 140 Å². The SMILES string of the molecule is Cc1ccc(CC(SC(Cc2ccc(C)cc2)c2ccc(Cl)cc2)c2ccc(Cl)cc2)cc1. The lowest BCUT2D eigenvalue weighted by atomic mass is 10.0. The second kappa shape index (κ2) is 11.3. The van der Waals surface area contributed by atoms with Crippen LogP contribution in [0.3, 0.4) is 0 Å². The van der Waals surface area contributed by atoms with Crippen LogP contribution in [-0.2, 0) is 12.8 Å². The predicted molar refractivity (Wildman–Crippen MR) is 146 cm³/mol. The first kappa shape index (κ1) is 24.0. The Kier molecular flexibility index (Phi) is 8.20. The molecule has 0 nitrogen and oxygen atoms in total. The first-order valence-corrected chi connectivity index (χ1v) is 12.9. The van der Waals surface area contributed by atoms with Crippen molar-refractivity contribution in [2.45, 2.75) is 37.2 Å². The van der Waals surface area contributed by atoms with Crippen LogP contribution in [0.4, 0.5) is 0 Å². The molecule has 3 heteroatoms.